The van der Waals surface area contributed by atoms with Crippen LogP contribution < -0.4 is 20.1 Å². The van der Waals surface area contributed by atoms with Gasteiger partial charge in [0.1, 0.15) is 16.8 Å². The molecule has 3 N–H and O–H groups in total. The summed E-state index contributed by atoms with van der Waals surface area (Å²) in [6.07, 6.45) is -3.39. The third-order valence-electron chi connectivity index (χ3n) is 6.85. The molecule has 3 amide bonds. The van der Waals surface area contributed by atoms with E-state index in [0.29, 0.717) is 12.5 Å². The second-order valence-electron chi connectivity index (χ2n) is 9.78. The molecule has 1 aromatic heterocycles. The summed E-state index contributed by atoms with van der Waals surface area (Å²) in [7, 11) is -2.87. The van der Waals surface area contributed by atoms with E-state index in [2.05, 4.69) is 10.0 Å². The average molecular weight is 590 g/mol. The number of piperidine rings is 1. The van der Waals surface area contributed by atoms with E-state index in [0.717, 1.165) is 4.90 Å². The van der Waals surface area contributed by atoms with Crippen molar-refractivity contribution in [2.24, 2.45) is 13.0 Å². The summed E-state index contributed by atoms with van der Waals surface area (Å²) in [5.41, 5.74) is 0.492. The zero-order valence-electron chi connectivity index (χ0n) is 21.6. The Kier molecular flexibility index (Phi) is 7.86. The molecule has 0 aliphatic carbocycles. The number of fused-ring (bicyclic) bond motifs is 2. The number of rotatable bonds is 3. The Balaban J connectivity index is 1.53. The van der Waals surface area contributed by atoms with Crippen molar-refractivity contribution in [2.45, 2.75) is 43.4 Å². The third kappa shape index (κ3) is 5.91. The number of benzene rings is 1. The van der Waals surface area contributed by atoms with Gasteiger partial charge in [0.15, 0.2) is 11.4 Å². The van der Waals surface area contributed by atoms with Gasteiger partial charge in [0.05, 0.1) is 6.61 Å². The highest BCUT2D eigenvalue weighted by molar-refractivity contribution is 7.89. The van der Waals surface area contributed by atoms with Crippen LogP contribution in [0.15, 0.2) is 29.3 Å². The number of aryl methyl sites for hydroxylation is 2. The Morgan fingerprint density at radius 2 is 1.93 bits per heavy atom. The highest BCUT2D eigenvalue weighted by Gasteiger charge is 2.42. The van der Waals surface area contributed by atoms with Crippen molar-refractivity contribution in [2.75, 3.05) is 25.0 Å². The molecule has 1 aromatic carbocycles. The minimum absolute atomic E-state index is 0.0299. The Labute approximate surface area is 226 Å². The van der Waals surface area contributed by atoms with Crippen LogP contribution in [-0.4, -0.2) is 73.6 Å². The number of carbonyl (C=O) groups excluding carboxylic acids is 3. The number of likely N-dealkylation sites (tertiary alicyclic amines) is 1. The normalized spacial score (nSPS) is 21.1. The number of sulfonamides is 1. The monoisotopic (exact) mass is 589 g/mol. The van der Waals surface area contributed by atoms with Crippen LogP contribution in [0.25, 0.3) is 0 Å². The van der Waals surface area contributed by atoms with Gasteiger partial charge in [-0.15, -0.1) is 0 Å². The number of anilines is 1. The number of hydrogen-bond donors (Lipinski definition) is 3. The summed E-state index contributed by atoms with van der Waals surface area (Å²) in [6.45, 7) is 1.86. The van der Waals surface area contributed by atoms with Gasteiger partial charge in [-0.05, 0) is 44.0 Å². The zero-order valence-corrected chi connectivity index (χ0v) is 22.5. The Hall–Kier alpha value is -3.66. The molecule has 1 fully saturated rings. The van der Waals surface area contributed by atoms with Crippen LogP contribution in [0.5, 0.6) is 5.75 Å². The maximum Gasteiger partial charge on any atom is 0.408 e. The molecule has 4 rings (SSSR count). The molecule has 40 heavy (non-hydrogen) atoms. The average Bonchev–Trinajstić information content (AvgIpc) is 3.20. The number of carbonyl (C=O) groups is 3. The minimum atomic E-state index is -4.74. The summed E-state index contributed by atoms with van der Waals surface area (Å²) >= 11 is 0. The molecular weight excluding hydrogens is 562 g/mol. The number of amides is 3. The van der Waals surface area contributed by atoms with Gasteiger partial charge in [-0.1, -0.05) is 0 Å². The lowest BCUT2D eigenvalue weighted by atomic mass is 9.93. The SMILES string of the molecule is Cc1cc(NC(=O)c2c3c(cn2C)S(=O)(=O)N[C@@H]2CN(C(=O)C(=O)N[C@@H](C)C(F)(F)F)CC[C@H]2CO3)ccc1F. The molecule has 1 saturated heterocycles. The summed E-state index contributed by atoms with van der Waals surface area (Å²) in [5.74, 6) is -4.50. The maximum atomic E-state index is 13.6. The van der Waals surface area contributed by atoms with Crippen LogP contribution in [-0.2, 0) is 26.7 Å². The molecule has 11 nitrogen and oxygen atoms in total. The highest BCUT2D eigenvalue weighted by Crippen LogP contribution is 2.35. The standard InChI is InChI=1S/C24H27F4N5O6S/c1-12-8-15(4-5-16(12)25)30-21(34)19-20-18(10-32(19)3)40(37,38)31-17-9-33(7-6-14(17)11-39-20)23(36)22(35)29-13(2)24(26,27)28/h4-5,8,10,13-14,17,31H,6-7,9,11H2,1-3H3,(H,29,35)(H,30,34)/t13-,14-,17+/m0/s1. The predicted molar refractivity (Wildman–Crippen MR) is 132 cm³/mol. The van der Waals surface area contributed by atoms with Gasteiger partial charge in [-0.3, -0.25) is 14.4 Å². The Morgan fingerprint density at radius 3 is 2.58 bits per heavy atom. The van der Waals surface area contributed by atoms with Crippen molar-refractivity contribution in [1.29, 1.82) is 0 Å². The van der Waals surface area contributed by atoms with Gasteiger partial charge in [-0.2, -0.15) is 13.2 Å². The molecule has 0 bridgehead atoms. The molecule has 0 saturated carbocycles. The first-order valence-electron chi connectivity index (χ1n) is 12.2. The number of nitrogens with one attached hydrogen (secondary N) is 3. The van der Waals surface area contributed by atoms with Crippen molar-refractivity contribution in [3.05, 3.63) is 41.5 Å². The van der Waals surface area contributed by atoms with Gasteiger partial charge < -0.3 is 24.8 Å². The Bertz CT molecular complexity index is 1460. The molecule has 2 aliphatic rings. The smallest absolute Gasteiger partial charge is 0.408 e. The van der Waals surface area contributed by atoms with E-state index in [1.54, 1.807) is 5.32 Å². The van der Waals surface area contributed by atoms with Gasteiger partial charge in [0, 0.05) is 44.0 Å². The van der Waals surface area contributed by atoms with Crippen LogP contribution in [0.1, 0.15) is 29.4 Å². The number of alkyl halides is 3. The third-order valence-corrected chi connectivity index (χ3v) is 8.33. The molecule has 0 spiro atoms. The number of halogens is 4. The topological polar surface area (TPSA) is 139 Å². The summed E-state index contributed by atoms with van der Waals surface area (Å²) in [6, 6.07) is 0.801. The largest absolute Gasteiger partial charge is 0.489 e. The van der Waals surface area contributed by atoms with Gasteiger partial charge in [-0.25, -0.2) is 17.5 Å². The van der Waals surface area contributed by atoms with Gasteiger partial charge >= 0.3 is 18.0 Å². The van der Waals surface area contributed by atoms with Crippen molar-refractivity contribution in [3.63, 3.8) is 0 Å². The fourth-order valence-electron chi connectivity index (χ4n) is 4.54. The Morgan fingerprint density at radius 1 is 1.23 bits per heavy atom. The number of ether oxygens (including phenoxy) is 1. The molecule has 0 unspecified atom stereocenters. The van der Waals surface area contributed by atoms with Crippen molar-refractivity contribution in [1.82, 2.24) is 19.5 Å². The lowest BCUT2D eigenvalue weighted by molar-refractivity contribution is -0.162. The number of aromatic nitrogens is 1. The summed E-state index contributed by atoms with van der Waals surface area (Å²) < 4.78 is 88.2. The minimum Gasteiger partial charge on any atom is -0.489 e. The molecule has 16 heteroatoms. The highest BCUT2D eigenvalue weighted by atomic mass is 32.2. The second-order valence-corrected chi connectivity index (χ2v) is 11.5. The predicted octanol–water partition coefficient (Wildman–Crippen LogP) is 1.68. The van der Waals surface area contributed by atoms with E-state index in [-0.39, 0.29) is 48.1 Å². The number of hydrogen-bond acceptors (Lipinski definition) is 6. The van der Waals surface area contributed by atoms with Gasteiger partial charge in [0.2, 0.25) is 10.0 Å². The maximum absolute atomic E-state index is 13.6. The van der Waals surface area contributed by atoms with Crippen LogP contribution >= 0.6 is 0 Å². The van der Waals surface area contributed by atoms with E-state index in [1.807, 2.05) is 0 Å². The van der Waals surface area contributed by atoms with Gasteiger partial charge in [0.25, 0.3) is 5.91 Å². The van der Waals surface area contributed by atoms with Crippen molar-refractivity contribution in [3.8, 4) is 5.75 Å². The van der Waals surface area contributed by atoms with Crippen molar-refractivity contribution >= 4 is 33.4 Å². The molecule has 3 heterocycles. The van der Waals surface area contributed by atoms with Crippen LogP contribution in [0.4, 0.5) is 23.2 Å². The lowest BCUT2D eigenvalue weighted by Gasteiger charge is -2.39. The summed E-state index contributed by atoms with van der Waals surface area (Å²) in [4.78, 5) is 38.4. The fourth-order valence-corrected chi connectivity index (χ4v) is 6.03. The zero-order chi connectivity index (χ0) is 29.6. The van der Waals surface area contributed by atoms with Crippen LogP contribution in [0.3, 0.4) is 0 Å². The first-order chi connectivity index (χ1) is 18.6. The first-order valence-corrected chi connectivity index (χ1v) is 13.6. The first kappa shape index (κ1) is 29.3. The van der Waals surface area contributed by atoms with E-state index in [4.69, 9.17) is 4.74 Å². The molecular formula is C24H27F4N5O6S. The fraction of sp³-hybridized carbons (Fsp3) is 0.458. The molecule has 218 valence electrons. The van der Waals surface area contributed by atoms with Crippen molar-refractivity contribution < 1.29 is 45.1 Å². The molecule has 3 atom stereocenters. The van der Waals surface area contributed by atoms with E-state index in [9.17, 15) is 40.4 Å². The van der Waals surface area contributed by atoms with E-state index in [1.165, 1.54) is 42.9 Å². The second kappa shape index (κ2) is 10.7. The quantitative estimate of drug-likeness (QED) is 0.368. The van der Waals surface area contributed by atoms with Crippen LogP contribution in [0.2, 0.25) is 0 Å². The summed E-state index contributed by atoms with van der Waals surface area (Å²) in [5, 5.41) is 4.21. The molecule has 2 aliphatic heterocycles. The molecule has 0 radical (unpaired) electrons. The number of nitrogens with zero attached hydrogens (tertiary/aromatic N) is 2. The van der Waals surface area contributed by atoms with Crippen LogP contribution in [0, 0.1) is 18.7 Å². The van der Waals surface area contributed by atoms with E-state index < -0.39 is 57.7 Å². The van der Waals surface area contributed by atoms with E-state index >= 15 is 0 Å². The molecule has 2 aromatic rings. The lowest BCUT2D eigenvalue weighted by Crippen LogP contribution is -2.58.